The average molecular weight is 454 g/mol. The van der Waals surface area contributed by atoms with Crippen molar-refractivity contribution in [3.8, 4) is 22.9 Å². The summed E-state index contributed by atoms with van der Waals surface area (Å²) < 4.78 is 13.0. The molecule has 8 nitrogen and oxygen atoms in total. The fourth-order valence-corrected chi connectivity index (χ4v) is 5.05. The summed E-state index contributed by atoms with van der Waals surface area (Å²) in [7, 11) is 1.66. The number of amides is 1. The molecular weight excluding hydrogens is 426 g/mol. The Morgan fingerprint density at radius 1 is 1.25 bits per heavy atom. The highest BCUT2D eigenvalue weighted by Crippen LogP contribution is 2.37. The summed E-state index contributed by atoms with van der Waals surface area (Å²) in [4.78, 5) is 23.2. The van der Waals surface area contributed by atoms with Crippen LogP contribution in [0.1, 0.15) is 13.3 Å². The van der Waals surface area contributed by atoms with E-state index in [2.05, 4.69) is 26.6 Å². The van der Waals surface area contributed by atoms with Gasteiger partial charge < -0.3 is 25.0 Å². The molecule has 0 radical (unpaired) electrons. The van der Waals surface area contributed by atoms with Crippen molar-refractivity contribution in [1.29, 1.82) is 0 Å². The smallest absolute Gasteiger partial charge is 0.237 e. The quantitative estimate of drug-likeness (QED) is 0.593. The van der Waals surface area contributed by atoms with Crippen LogP contribution in [0.15, 0.2) is 29.8 Å². The maximum Gasteiger partial charge on any atom is 0.237 e. The summed E-state index contributed by atoms with van der Waals surface area (Å²) in [6.45, 7) is 6.43. The molecule has 4 heterocycles. The van der Waals surface area contributed by atoms with Crippen LogP contribution >= 0.6 is 11.3 Å². The molecule has 2 fully saturated rings. The first-order chi connectivity index (χ1) is 15.6. The Morgan fingerprint density at radius 2 is 2.09 bits per heavy atom. The molecule has 3 aromatic rings. The van der Waals surface area contributed by atoms with E-state index in [-0.39, 0.29) is 17.9 Å². The number of methoxy groups -OCH3 is 1. The van der Waals surface area contributed by atoms with E-state index in [1.54, 1.807) is 18.4 Å². The second-order valence-corrected chi connectivity index (χ2v) is 9.08. The van der Waals surface area contributed by atoms with E-state index in [4.69, 9.17) is 14.5 Å². The molecule has 2 saturated heterocycles. The molecule has 2 aliphatic rings. The number of pyridine rings is 1. The summed E-state index contributed by atoms with van der Waals surface area (Å²) in [5.41, 5.74) is 5.45. The van der Waals surface area contributed by atoms with Gasteiger partial charge >= 0.3 is 0 Å². The van der Waals surface area contributed by atoms with Crippen LogP contribution in [0.5, 0.6) is 11.6 Å². The van der Waals surface area contributed by atoms with Gasteiger partial charge in [-0.3, -0.25) is 4.79 Å². The highest BCUT2D eigenvalue weighted by atomic mass is 32.1. The fourth-order valence-electron chi connectivity index (χ4n) is 4.32. The van der Waals surface area contributed by atoms with Crippen LogP contribution in [-0.2, 0) is 4.79 Å². The molecule has 0 aliphatic carbocycles. The predicted octanol–water partition coefficient (Wildman–Crippen LogP) is 2.68. The SMILES string of the molecule is COc1nc(-c2cc(O[C@H](C)[C@H]3CNC(=O)C3)c3scnc3c2)ccc1N1CCNCC1. The third-order valence-corrected chi connectivity index (χ3v) is 7.03. The lowest BCUT2D eigenvalue weighted by Gasteiger charge is -2.30. The summed E-state index contributed by atoms with van der Waals surface area (Å²) >= 11 is 1.56. The standard InChI is InChI=1S/C23H27N5O3S/c1-14(16-11-21(29)25-12-16)31-20-10-15(9-18-22(20)32-13-26-18)17-3-4-19(23(27-17)30-2)28-7-5-24-6-8-28/h3-4,9-10,13-14,16,24H,5-8,11-12H2,1-2H3,(H,25,29)/t14-,16-/m1/s1. The maximum absolute atomic E-state index is 11.6. The van der Waals surface area contributed by atoms with Crippen molar-refractivity contribution in [2.24, 2.45) is 5.92 Å². The van der Waals surface area contributed by atoms with Gasteiger partial charge in [-0.15, -0.1) is 11.3 Å². The summed E-state index contributed by atoms with van der Waals surface area (Å²) in [6, 6.07) is 8.17. The molecule has 2 aromatic heterocycles. The third-order valence-electron chi connectivity index (χ3n) is 6.17. The van der Waals surface area contributed by atoms with E-state index >= 15 is 0 Å². The first-order valence-electron chi connectivity index (χ1n) is 10.9. The van der Waals surface area contributed by atoms with Crippen LogP contribution in [0.2, 0.25) is 0 Å². The molecule has 2 aliphatic heterocycles. The zero-order chi connectivity index (χ0) is 22.1. The highest BCUT2D eigenvalue weighted by Gasteiger charge is 2.28. The Bertz CT molecular complexity index is 1130. The van der Waals surface area contributed by atoms with Crippen molar-refractivity contribution in [2.45, 2.75) is 19.4 Å². The van der Waals surface area contributed by atoms with Crippen LogP contribution in [0.4, 0.5) is 5.69 Å². The molecule has 2 atom stereocenters. The number of aromatic nitrogens is 2. The minimum Gasteiger partial charge on any atom is -0.489 e. The summed E-state index contributed by atoms with van der Waals surface area (Å²) in [6.07, 6.45) is 0.408. The summed E-state index contributed by atoms with van der Waals surface area (Å²) in [5.74, 6) is 1.64. The topological polar surface area (TPSA) is 88.6 Å². The number of anilines is 1. The van der Waals surface area contributed by atoms with E-state index in [9.17, 15) is 4.79 Å². The number of benzene rings is 1. The molecule has 1 amide bonds. The number of nitrogens with zero attached hydrogens (tertiary/aromatic N) is 3. The number of thiazole rings is 1. The molecular formula is C23H27N5O3S. The minimum atomic E-state index is -0.0907. The number of hydrogen-bond acceptors (Lipinski definition) is 8. The van der Waals surface area contributed by atoms with Crippen LogP contribution in [0, 0.1) is 5.92 Å². The number of nitrogens with one attached hydrogen (secondary N) is 2. The Balaban J connectivity index is 1.47. The van der Waals surface area contributed by atoms with Crippen molar-refractivity contribution in [3.63, 3.8) is 0 Å². The van der Waals surface area contributed by atoms with Gasteiger partial charge in [0.15, 0.2) is 0 Å². The number of fused-ring (bicyclic) bond motifs is 1. The molecule has 2 N–H and O–H groups in total. The Morgan fingerprint density at radius 3 is 2.84 bits per heavy atom. The number of hydrogen-bond donors (Lipinski definition) is 2. The van der Waals surface area contributed by atoms with Crippen LogP contribution in [-0.4, -0.2) is 61.8 Å². The second kappa shape index (κ2) is 8.91. The van der Waals surface area contributed by atoms with Crippen LogP contribution in [0.3, 0.4) is 0 Å². The van der Waals surface area contributed by atoms with Gasteiger partial charge in [0.1, 0.15) is 11.9 Å². The number of carbonyl (C=O) groups excluding carboxylic acids is 1. The zero-order valence-electron chi connectivity index (χ0n) is 18.3. The van der Waals surface area contributed by atoms with Gasteiger partial charge in [0.2, 0.25) is 11.8 Å². The van der Waals surface area contributed by atoms with Crippen molar-refractivity contribution in [2.75, 3.05) is 44.7 Å². The number of rotatable bonds is 6. The Kier molecular flexibility index (Phi) is 5.84. The zero-order valence-corrected chi connectivity index (χ0v) is 19.1. The summed E-state index contributed by atoms with van der Waals surface area (Å²) in [5, 5.41) is 6.26. The van der Waals surface area contributed by atoms with Crippen molar-refractivity contribution in [1.82, 2.24) is 20.6 Å². The van der Waals surface area contributed by atoms with Crippen LogP contribution < -0.4 is 25.0 Å². The lowest BCUT2D eigenvalue weighted by molar-refractivity contribution is -0.119. The van der Waals surface area contributed by atoms with Gasteiger partial charge in [-0.25, -0.2) is 9.97 Å². The van der Waals surface area contributed by atoms with Gasteiger partial charge in [0.05, 0.1) is 34.2 Å². The van der Waals surface area contributed by atoms with Crippen molar-refractivity contribution < 1.29 is 14.3 Å². The van der Waals surface area contributed by atoms with Gasteiger partial charge in [-0.1, -0.05) is 0 Å². The largest absolute Gasteiger partial charge is 0.489 e. The third kappa shape index (κ3) is 4.10. The van der Waals surface area contributed by atoms with Gasteiger partial charge in [-0.2, -0.15) is 0 Å². The average Bonchev–Trinajstić information content (AvgIpc) is 3.48. The van der Waals surface area contributed by atoms with Gasteiger partial charge in [0.25, 0.3) is 0 Å². The van der Waals surface area contributed by atoms with E-state index < -0.39 is 0 Å². The molecule has 9 heteroatoms. The lowest BCUT2D eigenvalue weighted by atomic mass is 10.0. The fraction of sp³-hybridized carbons (Fsp3) is 0.435. The van der Waals surface area contributed by atoms with Gasteiger partial charge in [-0.05, 0) is 31.2 Å². The molecule has 5 rings (SSSR count). The normalized spacial score (nSPS) is 19.8. The highest BCUT2D eigenvalue weighted by molar-refractivity contribution is 7.17. The number of carbonyl (C=O) groups is 1. The molecule has 0 spiro atoms. The predicted molar refractivity (Wildman–Crippen MR) is 126 cm³/mol. The minimum absolute atomic E-state index is 0.0861. The Labute approximate surface area is 191 Å². The molecule has 0 bridgehead atoms. The molecule has 168 valence electrons. The van der Waals surface area contributed by atoms with E-state index in [1.165, 1.54) is 0 Å². The molecule has 0 unspecified atom stereocenters. The molecule has 0 saturated carbocycles. The van der Waals surface area contributed by atoms with E-state index in [1.807, 2.05) is 30.6 Å². The maximum atomic E-state index is 11.6. The molecule has 1 aromatic carbocycles. The first-order valence-corrected chi connectivity index (χ1v) is 11.8. The van der Waals surface area contributed by atoms with Crippen LogP contribution in [0.25, 0.3) is 21.5 Å². The number of ether oxygens (including phenoxy) is 2. The monoisotopic (exact) mass is 453 g/mol. The Hall–Kier alpha value is -2.91. The number of piperazine rings is 1. The van der Waals surface area contributed by atoms with E-state index in [0.717, 1.165) is 59.1 Å². The van der Waals surface area contributed by atoms with E-state index in [0.29, 0.717) is 18.8 Å². The first kappa shape index (κ1) is 21.0. The van der Waals surface area contributed by atoms with Gasteiger partial charge in [0, 0.05) is 50.6 Å². The molecule has 32 heavy (non-hydrogen) atoms. The van der Waals surface area contributed by atoms with Crippen molar-refractivity contribution >= 4 is 33.1 Å². The second-order valence-electron chi connectivity index (χ2n) is 8.23. The lowest BCUT2D eigenvalue weighted by Crippen LogP contribution is -2.43. The van der Waals surface area contributed by atoms with Crippen molar-refractivity contribution in [3.05, 3.63) is 29.8 Å².